The van der Waals surface area contributed by atoms with E-state index in [9.17, 15) is 14.7 Å². The van der Waals surface area contributed by atoms with Crippen LogP contribution in [0.5, 0.6) is 5.75 Å². The molecule has 2 aromatic carbocycles. The molecule has 1 unspecified atom stereocenters. The molecule has 1 N–H and O–H groups in total. The zero-order valence-electron chi connectivity index (χ0n) is 18.8. The number of halogens is 1. The van der Waals surface area contributed by atoms with Crippen molar-refractivity contribution in [3.63, 3.8) is 0 Å². The summed E-state index contributed by atoms with van der Waals surface area (Å²) in [5.41, 5.74) is 1.92. The van der Waals surface area contributed by atoms with Gasteiger partial charge in [-0.15, -0.1) is 0 Å². The molecule has 0 bridgehead atoms. The largest absolute Gasteiger partial charge is 0.507 e. The minimum atomic E-state index is -0.766. The minimum absolute atomic E-state index is 0.0378. The number of Topliss-reactive ketones (excluding diaryl/α,β-unsaturated/α-hetero) is 1. The van der Waals surface area contributed by atoms with Gasteiger partial charge in [-0.2, -0.15) is 0 Å². The minimum Gasteiger partial charge on any atom is -0.507 e. The number of ether oxygens (including phenoxy) is 1. The number of pyridine rings is 1. The van der Waals surface area contributed by atoms with E-state index in [2.05, 4.69) is 11.9 Å². The first-order chi connectivity index (χ1) is 16.5. The van der Waals surface area contributed by atoms with Crippen LogP contribution in [0.2, 0.25) is 5.02 Å². The number of unbranched alkanes of at least 4 members (excludes halogenated alkanes) is 1. The van der Waals surface area contributed by atoms with E-state index in [0.717, 1.165) is 18.4 Å². The van der Waals surface area contributed by atoms with Gasteiger partial charge < -0.3 is 14.7 Å². The molecule has 0 radical (unpaired) electrons. The van der Waals surface area contributed by atoms with Gasteiger partial charge in [0.2, 0.25) is 0 Å². The molecule has 1 fully saturated rings. The molecule has 1 aliphatic rings. The summed E-state index contributed by atoms with van der Waals surface area (Å²) in [7, 11) is 0. The molecule has 34 heavy (non-hydrogen) atoms. The third-order valence-electron chi connectivity index (χ3n) is 5.70. The third kappa shape index (κ3) is 4.97. The van der Waals surface area contributed by atoms with Gasteiger partial charge in [0.25, 0.3) is 11.7 Å². The van der Waals surface area contributed by atoms with E-state index in [1.807, 2.05) is 6.07 Å². The number of hydrogen-bond acceptors (Lipinski definition) is 5. The standard InChI is InChI=1S/C27H25ClN2O4/c1-2-3-15-34-22-12-8-20(9-13-22)25(31)23-24(19-6-10-21(28)11-7-19)30(27(33)26(23)32)17-18-5-4-14-29-16-18/h4-14,16,24,31H,2-3,15,17H2,1H3. The van der Waals surface area contributed by atoms with Crippen LogP contribution >= 0.6 is 11.6 Å². The topological polar surface area (TPSA) is 79.7 Å². The number of aromatic nitrogens is 1. The SMILES string of the molecule is CCCCOc1ccc(C(O)=C2C(=O)C(=O)N(Cc3cccnc3)C2c2ccc(Cl)cc2)cc1. The van der Waals surface area contributed by atoms with Crippen molar-refractivity contribution in [3.05, 3.63) is 100 Å². The van der Waals surface area contributed by atoms with E-state index in [4.69, 9.17) is 16.3 Å². The lowest BCUT2D eigenvalue weighted by atomic mass is 9.95. The second-order valence-electron chi connectivity index (χ2n) is 8.07. The van der Waals surface area contributed by atoms with Crippen molar-refractivity contribution in [1.82, 2.24) is 9.88 Å². The summed E-state index contributed by atoms with van der Waals surface area (Å²) in [6, 6.07) is 16.6. The Balaban J connectivity index is 1.74. The maximum absolute atomic E-state index is 13.1. The number of nitrogens with zero attached hydrogens (tertiary/aromatic N) is 2. The molecule has 2 heterocycles. The molecule has 1 amide bonds. The molecule has 3 aromatic rings. The Labute approximate surface area is 203 Å². The first kappa shape index (κ1) is 23.5. The van der Waals surface area contributed by atoms with Crippen LogP contribution in [0.3, 0.4) is 0 Å². The van der Waals surface area contributed by atoms with Gasteiger partial charge >= 0.3 is 0 Å². The van der Waals surface area contributed by atoms with Crippen molar-refractivity contribution in [2.45, 2.75) is 32.4 Å². The smallest absolute Gasteiger partial charge is 0.295 e. The van der Waals surface area contributed by atoms with Crippen LogP contribution in [0.4, 0.5) is 0 Å². The molecule has 0 aliphatic carbocycles. The summed E-state index contributed by atoms with van der Waals surface area (Å²) in [5, 5.41) is 11.7. The Kier molecular flexibility index (Phi) is 7.28. The fourth-order valence-electron chi connectivity index (χ4n) is 3.92. The van der Waals surface area contributed by atoms with Gasteiger partial charge in [0, 0.05) is 29.5 Å². The van der Waals surface area contributed by atoms with Crippen LogP contribution in [0.15, 0.2) is 78.6 Å². The fourth-order valence-corrected chi connectivity index (χ4v) is 4.05. The predicted molar refractivity (Wildman–Crippen MR) is 130 cm³/mol. The number of ketones is 1. The number of rotatable bonds is 8. The Bertz CT molecular complexity index is 1190. The molecule has 1 aromatic heterocycles. The van der Waals surface area contributed by atoms with Gasteiger partial charge in [-0.05, 0) is 60.0 Å². The molecule has 1 aliphatic heterocycles. The van der Waals surface area contributed by atoms with E-state index < -0.39 is 17.7 Å². The highest BCUT2D eigenvalue weighted by atomic mass is 35.5. The highest BCUT2D eigenvalue weighted by Gasteiger charge is 2.46. The number of carbonyl (C=O) groups excluding carboxylic acids is 2. The lowest BCUT2D eigenvalue weighted by molar-refractivity contribution is -0.140. The van der Waals surface area contributed by atoms with Crippen molar-refractivity contribution in [2.24, 2.45) is 0 Å². The van der Waals surface area contributed by atoms with Crippen molar-refractivity contribution in [3.8, 4) is 5.75 Å². The number of hydrogen-bond donors (Lipinski definition) is 1. The third-order valence-corrected chi connectivity index (χ3v) is 5.95. The monoisotopic (exact) mass is 476 g/mol. The maximum Gasteiger partial charge on any atom is 0.295 e. The molecule has 7 heteroatoms. The van der Waals surface area contributed by atoms with Gasteiger partial charge in [0.15, 0.2) is 0 Å². The molecule has 4 rings (SSSR count). The van der Waals surface area contributed by atoms with Gasteiger partial charge in [-0.3, -0.25) is 14.6 Å². The highest BCUT2D eigenvalue weighted by Crippen LogP contribution is 2.40. The van der Waals surface area contributed by atoms with E-state index in [0.29, 0.717) is 28.5 Å². The number of likely N-dealkylation sites (tertiary alicyclic amines) is 1. The lowest BCUT2D eigenvalue weighted by Crippen LogP contribution is -2.29. The molecule has 6 nitrogen and oxygen atoms in total. The number of benzene rings is 2. The molecule has 1 atom stereocenters. The lowest BCUT2D eigenvalue weighted by Gasteiger charge is -2.25. The Morgan fingerprint density at radius 3 is 2.47 bits per heavy atom. The number of aliphatic hydroxyl groups is 1. The average Bonchev–Trinajstić information content (AvgIpc) is 3.10. The van der Waals surface area contributed by atoms with E-state index in [-0.39, 0.29) is 17.9 Å². The van der Waals surface area contributed by atoms with E-state index in [1.165, 1.54) is 4.90 Å². The van der Waals surface area contributed by atoms with Gasteiger partial charge in [0.1, 0.15) is 11.5 Å². The van der Waals surface area contributed by atoms with E-state index >= 15 is 0 Å². The van der Waals surface area contributed by atoms with Gasteiger partial charge in [0.05, 0.1) is 18.2 Å². The van der Waals surface area contributed by atoms with Crippen molar-refractivity contribution in [1.29, 1.82) is 0 Å². The van der Waals surface area contributed by atoms with Crippen LogP contribution < -0.4 is 4.74 Å². The van der Waals surface area contributed by atoms with E-state index in [1.54, 1.807) is 67.0 Å². The second kappa shape index (κ2) is 10.5. The number of amides is 1. The first-order valence-corrected chi connectivity index (χ1v) is 11.5. The molecule has 174 valence electrons. The van der Waals surface area contributed by atoms with Gasteiger partial charge in [-0.25, -0.2) is 0 Å². The molecule has 0 spiro atoms. The Morgan fingerprint density at radius 2 is 1.82 bits per heavy atom. The summed E-state index contributed by atoms with van der Waals surface area (Å²) in [4.78, 5) is 31.8. The summed E-state index contributed by atoms with van der Waals surface area (Å²) in [6.07, 6.45) is 5.27. The first-order valence-electron chi connectivity index (χ1n) is 11.2. The van der Waals surface area contributed by atoms with Crippen molar-refractivity contribution < 1.29 is 19.4 Å². The second-order valence-corrected chi connectivity index (χ2v) is 8.50. The van der Waals surface area contributed by atoms with Crippen molar-refractivity contribution >= 4 is 29.1 Å². The quantitative estimate of drug-likeness (QED) is 0.200. The molecular weight excluding hydrogens is 452 g/mol. The zero-order valence-corrected chi connectivity index (χ0v) is 19.5. The van der Waals surface area contributed by atoms with Gasteiger partial charge in [-0.1, -0.05) is 43.1 Å². The van der Waals surface area contributed by atoms with Crippen LogP contribution in [-0.2, 0) is 16.1 Å². The highest BCUT2D eigenvalue weighted by molar-refractivity contribution is 6.46. The molecular formula is C27H25ClN2O4. The average molecular weight is 477 g/mol. The number of aliphatic hydroxyl groups excluding tert-OH is 1. The zero-order chi connectivity index (χ0) is 24.1. The van der Waals surface area contributed by atoms with Crippen molar-refractivity contribution in [2.75, 3.05) is 6.61 Å². The van der Waals surface area contributed by atoms with Crippen LogP contribution in [0.25, 0.3) is 5.76 Å². The summed E-state index contributed by atoms with van der Waals surface area (Å²) in [6.45, 7) is 2.87. The summed E-state index contributed by atoms with van der Waals surface area (Å²) in [5.74, 6) is -0.960. The normalized spacial score (nSPS) is 17.2. The van der Waals surface area contributed by atoms with Crippen LogP contribution in [0.1, 0.15) is 42.5 Å². The maximum atomic E-state index is 13.1. The predicted octanol–water partition coefficient (Wildman–Crippen LogP) is 5.54. The Morgan fingerprint density at radius 1 is 1.09 bits per heavy atom. The summed E-state index contributed by atoms with van der Waals surface area (Å²) >= 11 is 6.07. The Hall–Kier alpha value is -3.64. The fraction of sp³-hybridized carbons (Fsp3) is 0.222. The van der Waals surface area contributed by atoms with Crippen LogP contribution in [-0.4, -0.2) is 33.3 Å². The number of carbonyl (C=O) groups is 2. The molecule has 1 saturated heterocycles. The summed E-state index contributed by atoms with van der Waals surface area (Å²) < 4.78 is 5.68. The molecule has 0 saturated carbocycles. The van der Waals surface area contributed by atoms with Crippen LogP contribution in [0, 0.1) is 0 Å².